The summed E-state index contributed by atoms with van der Waals surface area (Å²) >= 11 is 0. The molecule has 88 valence electrons. The Balaban J connectivity index is 0. The van der Waals surface area contributed by atoms with E-state index in [1.54, 1.807) is 0 Å². The van der Waals surface area contributed by atoms with E-state index in [9.17, 15) is 0 Å². The molecule has 0 heterocycles. The summed E-state index contributed by atoms with van der Waals surface area (Å²) in [7, 11) is 1.91. The van der Waals surface area contributed by atoms with Gasteiger partial charge in [-0.3, -0.25) is 0 Å². The molecule has 2 nitrogen and oxygen atoms in total. The molecule has 0 aliphatic heterocycles. The van der Waals surface area contributed by atoms with Crippen LogP contribution < -0.4 is 11.1 Å². The topological polar surface area (TPSA) is 38.0 Å². The number of aryl methyl sites for hydroxylation is 2. The lowest BCUT2D eigenvalue weighted by Crippen LogP contribution is -1.96. The van der Waals surface area contributed by atoms with Crippen molar-refractivity contribution >= 4 is 11.4 Å². The molecular formula is C13H26N2. The van der Waals surface area contributed by atoms with Gasteiger partial charge in [0.05, 0.1) is 0 Å². The molecule has 0 aromatic heterocycles. The molecule has 1 aromatic carbocycles. The molecular weight excluding hydrogens is 184 g/mol. The van der Waals surface area contributed by atoms with Gasteiger partial charge < -0.3 is 11.1 Å². The van der Waals surface area contributed by atoms with Crippen LogP contribution in [0.25, 0.3) is 0 Å². The van der Waals surface area contributed by atoms with Crippen LogP contribution in [0.15, 0.2) is 12.1 Å². The predicted molar refractivity (Wildman–Crippen MR) is 72.6 cm³/mol. The minimum absolute atomic E-state index is 0.893. The summed E-state index contributed by atoms with van der Waals surface area (Å²) in [6.45, 7) is 12.0. The highest BCUT2D eigenvalue weighted by Crippen LogP contribution is 2.20. The van der Waals surface area contributed by atoms with Crippen LogP contribution in [-0.2, 0) is 0 Å². The second-order valence-electron chi connectivity index (χ2n) is 2.77. The SMILES string of the molecule is CC.CC.CNc1cc(C)c(N)c(C)c1. The zero-order chi connectivity index (χ0) is 12.4. The van der Waals surface area contributed by atoms with Crippen molar-refractivity contribution in [1.82, 2.24) is 0 Å². The molecule has 3 N–H and O–H groups in total. The van der Waals surface area contributed by atoms with Crippen LogP contribution in [0.4, 0.5) is 11.4 Å². The van der Waals surface area contributed by atoms with Crippen LogP contribution in [0, 0.1) is 13.8 Å². The largest absolute Gasteiger partial charge is 0.398 e. The quantitative estimate of drug-likeness (QED) is 0.688. The third kappa shape index (κ3) is 5.31. The van der Waals surface area contributed by atoms with Crippen molar-refractivity contribution in [2.45, 2.75) is 41.5 Å². The van der Waals surface area contributed by atoms with Crippen LogP contribution in [0.5, 0.6) is 0 Å². The maximum Gasteiger partial charge on any atom is 0.0374 e. The van der Waals surface area contributed by atoms with Crippen molar-refractivity contribution in [3.8, 4) is 0 Å². The van der Waals surface area contributed by atoms with Gasteiger partial charge in [0.2, 0.25) is 0 Å². The van der Waals surface area contributed by atoms with Gasteiger partial charge in [-0.1, -0.05) is 27.7 Å². The van der Waals surface area contributed by atoms with E-state index in [-0.39, 0.29) is 0 Å². The standard InChI is InChI=1S/C9H14N2.2C2H6/c1-6-4-8(11-3)5-7(2)9(6)10;2*1-2/h4-5,11H,10H2,1-3H3;2*1-2H3. The van der Waals surface area contributed by atoms with Crippen molar-refractivity contribution in [2.75, 3.05) is 18.1 Å². The fraction of sp³-hybridized carbons (Fsp3) is 0.538. The minimum Gasteiger partial charge on any atom is -0.398 e. The Kier molecular flexibility index (Phi) is 10.2. The number of nitrogen functional groups attached to an aromatic ring is 1. The first kappa shape index (κ1) is 16.3. The summed E-state index contributed by atoms with van der Waals surface area (Å²) in [5.41, 5.74) is 10.1. The van der Waals surface area contributed by atoms with E-state index in [1.807, 2.05) is 60.7 Å². The smallest absolute Gasteiger partial charge is 0.0374 e. The Bertz CT molecular complexity index is 244. The molecule has 1 rings (SSSR count). The average Bonchev–Trinajstić information content (AvgIpc) is 2.30. The molecule has 0 bridgehead atoms. The van der Waals surface area contributed by atoms with Crippen LogP contribution in [0.2, 0.25) is 0 Å². The Hall–Kier alpha value is -1.18. The Labute approximate surface area is 94.9 Å². The molecule has 0 atom stereocenters. The summed E-state index contributed by atoms with van der Waals surface area (Å²) in [4.78, 5) is 0. The van der Waals surface area contributed by atoms with Gasteiger partial charge in [0, 0.05) is 18.4 Å². The molecule has 15 heavy (non-hydrogen) atoms. The monoisotopic (exact) mass is 210 g/mol. The van der Waals surface area contributed by atoms with E-state index in [0.29, 0.717) is 0 Å². The van der Waals surface area contributed by atoms with Gasteiger partial charge in [0.15, 0.2) is 0 Å². The van der Waals surface area contributed by atoms with E-state index in [2.05, 4.69) is 5.32 Å². The molecule has 0 amide bonds. The molecule has 1 aromatic rings. The average molecular weight is 210 g/mol. The molecule has 0 unspecified atom stereocenters. The third-order valence-corrected chi connectivity index (χ3v) is 1.88. The number of hydrogen-bond acceptors (Lipinski definition) is 2. The van der Waals surface area contributed by atoms with Crippen LogP contribution in [0.1, 0.15) is 38.8 Å². The normalized spacial score (nSPS) is 7.93. The third-order valence-electron chi connectivity index (χ3n) is 1.88. The summed E-state index contributed by atoms with van der Waals surface area (Å²) in [5, 5.41) is 3.08. The molecule has 0 fully saturated rings. The van der Waals surface area contributed by atoms with Gasteiger partial charge in [-0.25, -0.2) is 0 Å². The Morgan fingerprint density at radius 3 is 1.53 bits per heavy atom. The molecule has 2 heteroatoms. The van der Waals surface area contributed by atoms with Crippen LogP contribution >= 0.6 is 0 Å². The first-order valence-corrected chi connectivity index (χ1v) is 5.69. The molecule has 0 radical (unpaired) electrons. The lowest BCUT2D eigenvalue weighted by molar-refractivity contribution is 1.37. The maximum absolute atomic E-state index is 5.78. The number of rotatable bonds is 1. The van der Waals surface area contributed by atoms with Crippen molar-refractivity contribution in [3.05, 3.63) is 23.3 Å². The molecule has 0 aliphatic carbocycles. The van der Waals surface area contributed by atoms with Gasteiger partial charge in [-0.15, -0.1) is 0 Å². The van der Waals surface area contributed by atoms with Gasteiger partial charge in [-0.05, 0) is 37.1 Å². The molecule has 0 saturated heterocycles. The highest BCUT2D eigenvalue weighted by atomic mass is 14.8. The van der Waals surface area contributed by atoms with Gasteiger partial charge >= 0.3 is 0 Å². The van der Waals surface area contributed by atoms with E-state index in [1.165, 1.54) is 0 Å². The summed E-state index contributed by atoms with van der Waals surface area (Å²) in [6, 6.07) is 4.09. The lowest BCUT2D eigenvalue weighted by Gasteiger charge is -2.07. The zero-order valence-electron chi connectivity index (χ0n) is 11.2. The predicted octanol–water partition coefficient (Wildman–Crippen LogP) is 3.98. The molecule has 0 spiro atoms. The van der Waals surface area contributed by atoms with E-state index >= 15 is 0 Å². The summed E-state index contributed by atoms with van der Waals surface area (Å²) < 4.78 is 0. The second-order valence-corrected chi connectivity index (χ2v) is 2.77. The summed E-state index contributed by atoms with van der Waals surface area (Å²) in [5.74, 6) is 0. The number of nitrogens with two attached hydrogens (primary N) is 1. The minimum atomic E-state index is 0.893. The van der Waals surface area contributed by atoms with Crippen LogP contribution in [0.3, 0.4) is 0 Å². The number of benzene rings is 1. The summed E-state index contributed by atoms with van der Waals surface area (Å²) in [6.07, 6.45) is 0. The highest BCUT2D eigenvalue weighted by Gasteiger charge is 1.98. The maximum atomic E-state index is 5.78. The molecule has 0 saturated carbocycles. The van der Waals surface area contributed by atoms with E-state index in [0.717, 1.165) is 22.5 Å². The van der Waals surface area contributed by atoms with Gasteiger partial charge in [0.25, 0.3) is 0 Å². The highest BCUT2D eigenvalue weighted by molar-refractivity contribution is 5.61. The lowest BCUT2D eigenvalue weighted by atomic mass is 10.1. The first-order chi connectivity index (χ1) is 7.15. The van der Waals surface area contributed by atoms with Crippen molar-refractivity contribution < 1.29 is 0 Å². The second kappa shape index (κ2) is 9.38. The zero-order valence-corrected chi connectivity index (χ0v) is 11.2. The van der Waals surface area contributed by atoms with E-state index < -0.39 is 0 Å². The van der Waals surface area contributed by atoms with Gasteiger partial charge in [-0.2, -0.15) is 0 Å². The van der Waals surface area contributed by atoms with E-state index in [4.69, 9.17) is 5.73 Å². The van der Waals surface area contributed by atoms with Crippen LogP contribution in [-0.4, -0.2) is 7.05 Å². The number of anilines is 2. The van der Waals surface area contributed by atoms with Crippen molar-refractivity contribution in [2.24, 2.45) is 0 Å². The Morgan fingerprint density at radius 2 is 1.27 bits per heavy atom. The van der Waals surface area contributed by atoms with Crippen molar-refractivity contribution in [1.29, 1.82) is 0 Å². The first-order valence-electron chi connectivity index (χ1n) is 5.69. The Morgan fingerprint density at radius 1 is 0.933 bits per heavy atom. The fourth-order valence-electron chi connectivity index (χ4n) is 1.12. The van der Waals surface area contributed by atoms with Gasteiger partial charge in [0.1, 0.15) is 0 Å². The fourth-order valence-corrected chi connectivity index (χ4v) is 1.12. The number of hydrogen-bond donors (Lipinski definition) is 2. The van der Waals surface area contributed by atoms with Crippen molar-refractivity contribution in [3.63, 3.8) is 0 Å². The molecule has 0 aliphatic rings. The number of nitrogens with one attached hydrogen (secondary N) is 1.